The number of hydrogen-bond acceptors (Lipinski definition) is 4. The summed E-state index contributed by atoms with van der Waals surface area (Å²) in [7, 11) is 0. The summed E-state index contributed by atoms with van der Waals surface area (Å²) < 4.78 is 5.64. The van der Waals surface area contributed by atoms with Gasteiger partial charge in [-0.25, -0.2) is 5.48 Å². The van der Waals surface area contributed by atoms with E-state index in [2.05, 4.69) is 76.7 Å². The van der Waals surface area contributed by atoms with Crippen LogP contribution in [0, 0.1) is 0 Å². The molecule has 6 nitrogen and oxygen atoms in total. The first-order chi connectivity index (χ1) is 18.1. The Morgan fingerprint density at radius 1 is 1.16 bits per heavy atom. The highest BCUT2D eigenvalue weighted by atomic mass is 16.5. The molecule has 1 heterocycles. The molecule has 5 rings (SSSR count). The number of carbonyl (C=O) groups excluding carboxylic acids is 1. The molecule has 1 aromatic heterocycles. The summed E-state index contributed by atoms with van der Waals surface area (Å²) in [6.07, 6.45) is 8.24. The lowest BCUT2D eigenvalue weighted by Crippen LogP contribution is -2.29. The maximum absolute atomic E-state index is 11.4. The van der Waals surface area contributed by atoms with Gasteiger partial charge < -0.3 is 9.72 Å². The Hall–Kier alpha value is -3.87. The van der Waals surface area contributed by atoms with E-state index in [1.165, 1.54) is 39.2 Å². The first-order valence-corrected chi connectivity index (χ1v) is 12.9. The second-order valence-electron chi connectivity index (χ2n) is 9.48. The topological polar surface area (TPSA) is 77.6 Å². The maximum Gasteiger partial charge on any atom is 0.267 e. The zero-order valence-electron chi connectivity index (χ0n) is 21.1. The van der Waals surface area contributed by atoms with Crippen LogP contribution in [0.15, 0.2) is 79.0 Å². The Kier molecular flexibility index (Phi) is 7.68. The fourth-order valence-electron chi connectivity index (χ4n) is 5.35. The summed E-state index contributed by atoms with van der Waals surface area (Å²) in [6, 6.07) is 23.6. The normalized spacial score (nSPS) is 14.9. The van der Waals surface area contributed by atoms with Gasteiger partial charge in [0.05, 0.1) is 6.61 Å². The Morgan fingerprint density at radius 2 is 2.00 bits per heavy atom. The van der Waals surface area contributed by atoms with E-state index >= 15 is 0 Å². The first-order valence-electron chi connectivity index (χ1n) is 12.9. The summed E-state index contributed by atoms with van der Waals surface area (Å²) in [5.41, 5.74) is 9.06. The van der Waals surface area contributed by atoms with Crippen molar-refractivity contribution < 1.29 is 14.7 Å². The lowest BCUT2D eigenvalue weighted by atomic mass is 10.0. The van der Waals surface area contributed by atoms with Crippen molar-refractivity contribution in [3.63, 3.8) is 0 Å². The van der Waals surface area contributed by atoms with Crippen molar-refractivity contribution >= 4 is 22.9 Å². The van der Waals surface area contributed by atoms with Crippen LogP contribution in [0.4, 0.5) is 0 Å². The van der Waals surface area contributed by atoms with E-state index < -0.39 is 5.91 Å². The predicted molar refractivity (Wildman–Crippen MR) is 146 cm³/mol. The number of benzene rings is 3. The van der Waals surface area contributed by atoms with Gasteiger partial charge in [-0.3, -0.25) is 14.9 Å². The van der Waals surface area contributed by atoms with Crippen molar-refractivity contribution in [1.29, 1.82) is 0 Å². The molecule has 1 atom stereocenters. The van der Waals surface area contributed by atoms with E-state index in [0.29, 0.717) is 12.6 Å². The number of nitrogens with zero attached hydrogens (tertiary/aromatic N) is 1. The number of aromatic amines is 1. The van der Waals surface area contributed by atoms with Gasteiger partial charge >= 0.3 is 0 Å². The number of aromatic nitrogens is 1. The number of nitrogens with one attached hydrogen (secondary N) is 2. The van der Waals surface area contributed by atoms with Crippen LogP contribution in [0.3, 0.4) is 0 Å². The van der Waals surface area contributed by atoms with Crippen molar-refractivity contribution in [2.75, 3.05) is 13.2 Å². The van der Waals surface area contributed by atoms with E-state index in [-0.39, 0.29) is 0 Å². The third-order valence-electron chi connectivity index (χ3n) is 7.15. The van der Waals surface area contributed by atoms with Gasteiger partial charge in [0.2, 0.25) is 0 Å². The molecule has 1 aliphatic carbocycles. The number of amides is 1. The van der Waals surface area contributed by atoms with Crippen LogP contribution in [0.5, 0.6) is 5.75 Å². The van der Waals surface area contributed by atoms with E-state index in [4.69, 9.17) is 9.94 Å². The molecule has 0 bridgehead atoms. The average molecular weight is 496 g/mol. The standard InChI is InChI=1S/C31H33N3O3/c1-2-37-26-12-7-23(8-13-26)21-34(18-17-25-20-32-29-6-4-3-5-27(25)29)30-15-11-24-19-22(9-14-28(24)30)10-16-31(35)33-36/h3-10,12-14,16,19-20,30,32,36H,2,11,15,17-18,21H2,1H3,(H,33,35). The number of carbonyl (C=O) groups is 1. The molecule has 0 radical (unpaired) electrons. The number of hydrogen-bond donors (Lipinski definition) is 3. The molecule has 190 valence electrons. The lowest BCUT2D eigenvalue weighted by Gasteiger charge is -2.30. The van der Waals surface area contributed by atoms with Crippen molar-refractivity contribution in [2.24, 2.45) is 0 Å². The molecule has 1 amide bonds. The summed E-state index contributed by atoms with van der Waals surface area (Å²) >= 11 is 0. The number of H-pyrrole nitrogens is 1. The highest BCUT2D eigenvalue weighted by Gasteiger charge is 2.28. The van der Waals surface area contributed by atoms with Crippen LogP contribution >= 0.6 is 0 Å². The summed E-state index contributed by atoms with van der Waals surface area (Å²) in [5.74, 6) is 0.371. The molecule has 0 saturated heterocycles. The minimum Gasteiger partial charge on any atom is -0.494 e. The maximum atomic E-state index is 11.4. The summed E-state index contributed by atoms with van der Waals surface area (Å²) in [4.78, 5) is 17.4. The Morgan fingerprint density at radius 3 is 2.81 bits per heavy atom. The van der Waals surface area contributed by atoms with Crippen LogP contribution in [-0.4, -0.2) is 34.1 Å². The molecular weight excluding hydrogens is 462 g/mol. The molecule has 3 aromatic carbocycles. The smallest absolute Gasteiger partial charge is 0.267 e. The molecule has 37 heavy (non-hydrogen) atoms. The molecule has 1 aliphatic rings. The highest BCUT2D eigenvalue weighted by Crippen LogP contribution is 2.37. The Labute approximate surface area is 217 Å². The van der Waals surface area contributed by atoms with Gasteiger partial charge in [0.1, 0.15) is 5.75 Å². The van der Waals surface area contributed by atoms with Crippen LogP contribution in [0.1, 0.15) is 47.2 Å². The van der Waals surface area contributed by atoms with Crippen molar-refractivity contribution in [3.05, 3.63) is 107 Å². The van der Waals surface area contributed by atoms with Crippen LogP contribution in [-0.2, 0) is 24.2 Å². The van der Waals surface area contributed by atoms with Crippen LogP contribution < -0.4 is 10.2 Å². The summed E-state index contributed by atoms with van der Waals surface area (Å²) in [5, 5.41) is 10.0. The fourth-order valence-corrected chi connectivity index (χ4v) is 5.35. The van der Waals surface area contributed by atoms with Gasteiger partial charge in [0.25, 0.3) is 5.91 Å². The van der Waals surface area contributed by atoms with Crippen molar-refractivity contribution in [1.82, 2.24) is 15.4 Å². The third kappa shape index (κ3) is 5.77. The van der Waals surface area contributed by atoms with Gasteiger partial charge in [-0.1, -0.05) is 48.5 Å². The number of aryl methyl sites for hydroxylation is 1. The van der Waals surface area contributed by atoms with E-state index in [1.54, 1.807) is 11.6 Å². The minimum atomic E-state index is -0.530. The number of ether oxygens (including phenoxy) is 1. The zero-order valence-corrected chi connectivity index (χ0v) is 21.1. The number of hydroxylamine groups is 1. The van der Waals surface area contributed by atoms with Gasteiger partial charge in [0.15, 0.2) is 0 Å². The van der Waals surface area contributed by atoms with Crippen LogP contribution in [0.2, 0.25) is 0 Å². The minimum absolute atomic E-state index is 0.325. The lowest BCUT2D eigenvalue weighted by molar-refractivity contribution is -0.124. The fraction of sp³-hybridized carbons (Fsp3) is 0.258. The quantitative estimate of drug-likeness (QED) is 0.147. The number of rotatable bonds is 10. The molecule has 0 fully saturated rings. The molecule has 0 spiro atoms. The average Bonchev–Trinajstić information content (AvgIpc) is 3.55. The predicted octanol–water partition coefficient (Wildman–Crippen LogP) is 5.82. The van der Waals surface area contributed by atoms with Crippen LogP contribution in [0.25, 0.3) is 17.0 Å². The highest BCUT2D eigenvalue weighted by molar-refractivity contribution is 5.90. The van der Waals surface area contributed by atoms with E-state index in [0.717, 1.165) is 43.7 Å². The van der Waals surface area contributed by atoms with Crippen molar-refractivity contribution in [3.8, 4) is 5.75 Å². The van der Waals surface area contributed by atoms with E-state index in [9.17, 15) is 4.79 Å². The number of fused-ring (bicyclic) bond motifs is 2. The SMILES string of the molecule is CCOc1ccc(CN(CCc2c[nH]c3ccccc23)C2CCc3cc(C=CC(=O)NO)ccc32)cc1. The van der Waals surface area contributed by atoms with E-state index in [1.807, 2.05) is 13.0 Å². The third-order valence-corrected chi connectivity index (χ3v) is 7.15. The molecule has 4 aromatic rings. The molecule has 0 saturated carbocycles. The monoisotopic (exact) mass is 495 g/mol. The zero-order chi connectivity index (χ0) is 25.6. The Bertz CT molecular complexity index is 1390. The Balaban J connectivity index is 1.38. The molecule has 6 heteroatoms. The summed E-state index contributed by atoms with van der Waals surface area (Å²) in [6.45, 7) is 4.46. The van der Waals surface area contributed by atoms with Crippen molar-refractivity contribution in [2.45, 2.75) is 38.8 Å². The van der Waals surface area contributed by atoms with Gasteiger partial charge in [-0.05, 0) is 78.3 Å². The van der Waals surface area contributed by atoms with Gasteiger partial charge in [-0.15, -0.1) is 0 Å². The molecule has 3 N–H and O–H groups in total. The van der Waals surface area contributed by atoms with Gasteiger partial charge in [-0.2, -0.15) is 0 Å². The second kappa shape index (κ2) is 11.5. The molecule has 0 aliphatic heterocycles. The first kappa shape index (κ1) is 24.8. The molecule has 1 unspecified atom stereocenters. The largest absolute Gasteiger partial charge is 0.494 e. The van der Waals surface area contributed by atoms with Gasteiger partial charge in [0, 0.05) is 42.3 Å². The number of para-hydroxylation sites is 1. The molecular formula is C31H33N3O3. The second-order valence-corrected chi connectivity index (χ2v) is 9.48.